The second kappa shape index (κ2) is 7.54. The van der Waals surface area contributed by atoms with Gasteiger partial charge >= 0.3 is 5.97 Å². The molecule has 5 nitrogen and oxygen atoms in total. The fourth-order valence-electron chi connectivity index (χ4n) is 2.34. The molecule has 2 rings (SSSR count). The number of benzene rings is 1. The highest BCUT2D eigenvalue weighted by Crippen LogP contribution is 2.18. The largest absolute Gasteiger partial charge is 0.465 e. The molecule has 1 heterocycles. The molecule has 120 valence electrons. The van der Waals surface area contributed by atoms with Gasteiger partial charge in [-0.2, -0.15) is 0 Å². The quantitative estimate of drug-likeness (QED) is 0.861. The van der Waals surface area contributed by atoms with Crippen LogP contribution in [0.4, 0.5) is 5.69 Å². The Hall–Kier alpha value is -2.69. The number of ether oxygens (including phenoxy) is 1. The van der Waals surface area contributed by atoms with Gasteiger partial charge in [0, 0.05) is 11.9 Å². The predicted octanol–water partition coefficient (Wildman–Crippen LogP) is 3.25. The van der Waals surface area contributed by atoms with Crippen molar-refractivity contribution in [2.75, 3.05) is 12.4 Å². The Morgan fingerprint density at radius 3 is 2.39 bits per heavy atom. The van der Waals surface area contributed by atoms with Crippen molar-refractivity contribution in [2.24, 2.45) is 0 Å². The Labute approximate surface area is 135 Å². The molecule has 0 saturated carbocycles. The minimum Gasteiger partial charge on any atom is -0.465 e. The Morgan fingerprint density at radius 2 is 1.83 bits per heavy atom. The van der Waals surface area contributed by atoms with Gasteiger partial charge in [0.25, 0.3) is 5.91 Å². The van der Waals surface area contributed by atoms with Crippen LogP contribution in [0.1, 0.15) is 45.8 Å². The van der Waals surface area contributed by atoms with Crippen molar-refractivity contribution in [1.82, 2.24) is 4.98 Å². The van der Waals surface area contributed by atoms with Crippen molar-refractivity contribution >= 4 is 17.6 Å². The van der Waals surface area contributed by atoms with Gasteiger partial charge in [-0.3, -0.25) is 9.78 Å². The molecule has 0 bridgehead atoms. The first-order valence-corrected chi connectivity index (χ1v) is 7.56. The van der Waals surface area contributed by atoms with E-state index in [1.54, 1.807) is 0 Å². The third-order valence-corrected chi connectivity index (χ3v) is 3.64. The highest BCUT2D eigenvalue weighted by Gasteiger charge is 2.11. The molecule has 1 aromatic carbocycles. The average molecular weight is 312 g/mol. The Balaban J connectivity index is 2.14. The van der Waals surface area contributed by atoms with Crippen LogP contribution in [0, 0.1) is 0 Å². The Morgan fingerprint density at radius 1 is 1.09 bits per heavy atom. The molecule has 5 heteroatoms. The van der Waals surface area contributed by atoms with Crippen LogP contribution in [0.15, 0.2) is 36.5 Å². The number of pyridine rings is 1. The molecule has 1 N–H and O–H groups in total. The third kappa shape index (κ3) is 3.94. The number of methoxy groups -OCH3 is 1. The lowest BCUT2D eigenvalue weighted by molar-refractivity contribution is 0.0600. The smallest absolute Gasteiger partial charge is 0.339 e. The summed E-state index contributed by atoms with van der Waals surface area (Å²) in [5, 5.41) is 2.83. The Kier molecular flexibility index (Phi) is 5.46. The number of carbonyl (C=O) groups is 2. The molecule has 0 aliphatic carbocycles. The zero-order valence-corrected chi connectivity index (χ0v) is 13.6. The van der Waals surface area contributed by atoms with Crippen LogP contribution >= 0.6 is 0 Å². The van der Waals surface area contributed by atoms with Gasteiger partial charge in [-0.05, 0) is 48.2 Å². The van der Waals surface area contributed by atoms with Crippen molar-refractivity contribution in [3.05, 3.63) is 58.9 Å². The molecule has 23 heavy (non-hydrogen) atoms. The molecule has 0 aliphatic rings. The molecule has 1 aromatic heterocycles. The maximum Gasteiger partial charge on any atom is 0.339 e. The fourth-order valence-corrected chi connectivity index (χ4v) is 2.34. The predicted molar refractivity (Wildman–Crippen MR) is 88.7 cm³/mol. The lowest BCUT2D eigenvalue weighted by Gasteiger charge is -2.10. The van der Waals surface area contributed by atoms with E-state index in [2.05, 4.69) is 28.9 Å². The van der Waals surface area contributed by atoms with E-state index in [1.807, 2.05) is 18.2 Å². The summed E-state index contributed by atoms with van der Waals surface area (Å²) in [6, 6.07) is 8.93. The van der Waals surface area contributed by atoms with E-state index < -0.39 is 5.97 Å². The van der Waals surface area contributed by atoms with Crippen molar-refractivity contribution in [1.29, 1.82) is 0 Å². The first-order valence-electron chi connectivity index (χ1n) is 7.56. The van der Waals surface area contributed by atoms with Crippen molar-refractivity contribution in [3.63, 3.8) is 0 Å². The molecule has 0 atom stereocenters. The van der Waals surface area contributed by atoms with E-state index in [0.29, 0.717) is 5.56 Å². The second-order valence-electron chi connectivity index (χ2n) is 5.07. The normalized spacial score (nSPS) is 10.2. The molecule has 0 radical (unpaired) electrons. The fraction of sp³-hybridized carbons (Fsp3) is 0.278. The average Bonchev–Trinajstić information content (AvgIpc) is 2.60. The van der Waals surface area contributed by atoms with Crippen LogP contribution in [0.3, 0.4) is 0 Å². The lowest BCUT2D eigenvalue weighted by atomic mass is 10.0. The van der Waals surface area contributed by atoms with Crippen molar-refractivity contribution in [3.8, 4) is 0 Å². The van der Waals surface area contributed by atoms with Crippen LogP contribution in [-0.4, -0.2) is 24.0 Å². The summed E-state index contributed by atoms with van der Waals surface area (Å²) in [5.41, 5.74) is 3.80. The summed E-state index contributed by atoms with van der Waals surface area (Å²) < 4.78 is 4.60. The van der Waals surface area contributed by atoms with Crippen molar-refractivity contribution in [2.45, 2.75) is 26.7 Å². The number of aromatic nitrogens is 1. The maximum atomic E-state index is 12.2. The first kappa shape index (κ1) is 16.7. The number of rotatable bonds is 5. The number of anilines is 1. The van der Waals surface area contributed by atoms with Crippen LogP contribution < -0.4 is 5.32 Å². The van der Waals surface area contributed by atoms with E-state index in [9.17, 15) is 9.59 Å². The second-order valence-corrected chi connectivity index (χ2v) is 5.07. The zero-order chi connectivity index (χ0) is 16.8. The summed E-state index contributed by atoms with van der Waals surface area (Å²) in [4.78, 5) is 27.6. The summed E-state index contributed by atoms with van der Waals surface area (Å²) in [6.07, 6.45) is 3.21. The molecular formula is C18H20N2O3. The molecule has 0 unspecified atom stereocenters. The zero-order valence-electron chi connectivity index (χ0n) is 13.6. The number of esters is 1. The summed E-state index contributed by atoms with van der Waals surface area (Å²) >= 11 is 0. The van der Waals surface area contributed by atoms with Gasteiger partial charge in [-0.15, -0.1) is 0 Å². The molecule has 0 aliphatic heterocycles. The topological polar surface area (TPSA) is 68.3 Å². The highest BCUT2D eigenvalue weighted by molar-refractivity contribution is 6.03. The van der Waals surface area contributed by atoms with Crippen LogP contribution in [0.5, 0.6) is 0 Å². The highest BCUT2D eigenvalue weighted by atomic mass is 16.5. The maximum absolute atomic E-state index is 12.2. The number of nitrogens with one attached hydrogen (secondary N) is 1. The van der Waals surface area contributed by atoms with Gasteiger partial charge in [-0.25, -0.2) is 4.79 Å². The number of aryl methyl sites for hydroxylation is 2. The van der Waals surface area contributed by atoms with Gasteiger partial charge in [0.2, 0.25) is 0 Å². The van der Waals surface area contributed by atoms with E-state index >= 15 is 0 Å². The molecule has 2 aromatic rings. The van der Waals surface area contributed by atoms with E-state index in [0.717, 1.165) is 18.5 Å². The van der Waals surface area contributed by atoms with E-state index in [4.69, 9.17) is 0 Å². The molecule has 0 saturated heterocycles. The Bertz CT molecular complexity index is 709. The van der Waals surface area contributed by atoms with E-state index in [1.165, 1.54) is 36.6 Å². The first-order chi connectivity index (χ1) is 11.1. The molecule has 0 fully saturated rings. The van der Waals surface area contributed by atoms with Gasteiger partial charge < -0.3 is 10.1 Å². The molecular weight excluding hydrogens is 292 g/mol. The van der Waals surface area contributed by atoms with Gasteiger partial charge in [-0.1, -0.05) is 19.9 Å². The number of amides is 1. The van der Waals surface area contributed by atoms with Crippen LogP contribution in [-0.2, 0) is 17.6 Å². The monoisotopic (exact) mass is 312 g/mol. The lowest BCUT2D eigenvalue weighted by Crippen LogP contribution is -2.14. The number of nitrogens with zero attached hydrogens (tertiary/aromatic N) is 1. The van der Waals surface area contributed by atoms with Crippen LogP contribution in [0.2, 0.25) is 0 Å². The third-order valence-electron chi connectivity index (χ3n) is 3.64. The van der Waals surface area contributed by atoms with Crippen molar-refractivity contribution < 1.29 is 14.3 Å². The summed E-state index contributed by atoms with van der Waals surface area (Å²) in [7, 11) is 1.30. The number of hydrogen-bond donors (Lipinski definition) is 1. The van der Waals surface area contributed by atoms with Gasteiger partial charge in [0.1, 0.15) is 5.69 Å². The minimum atomic E-state index is -0.479. The van der Waals surface area contributed by atoms with Crippen LogP contribution in [0.25, 0.3) is 0 Å². The standard InChI is InChI=1S/C18H20N2O3/c1-4-12-6-8-15(10-13(12)5-2)20-17(21)16-9-7-14(11-19-16)18(22)23-3/h6-11H,4-5H2,1-3H3,(H,20,21). The van der Waals surface area contributed by atoms with E-state index in [-0.39, 0.29) is 11.6 Å². The summed E-state index contributed by atoms with van der Waals surface area (Å²) in [5.74, 6) is -0.792. The molecule has 1 amide bonds. The number of hydrogen-bond acceptors (Lipinski definition) is 4. The van der Waals surface area contributed by atoms with Gasteiger partial charge in [0.15, 0.2) is 0 Å². The molecule has 0 spiro atoms. The minimum absolute atomic E-state index is 0.246. The van der Waals surface area contributed by atoms with Gasteiger partial charge in [0.05, 0.1) is 12.7 Å². The summed E-state index contributed by atoms with van der Waals surface area (Å²) in [6.45, 7) is 4.20. The number of carbonyl (C=O) groups excluding carboxylic acids is 2. The SMILES string of the molecule is CCc1ccc(NC(=O)c2ccc(C(=O)OC)cn2)cc1CC.